The number of aromatic amines is 1. The molecule has 1 aliphatic rings. The van der Waals surface area contributed by atoms with Crippen LogP contribution in [0.5, 0.6) is 0 Å². The number of halogens is 2. The monoisotopic (exact) mass is 498 g/mol. The van der Waals surface area contributed by atoms with Crippen LogP contribution in [0.4, 0.5) is 14.5 Å². The zero-order valence-corrected chi connectivity index (χ0v) is 19.4. The van der Waals surface area contributed by atoms with Gasteiger partial charge in [0.05, 0.1) is 16.7 Å². The van der Waals surface area contributed by atoms with Crippen molar-refractivity contribution in [2.45, 2.75) is 32.1 Å². The number of aromatic nitrogens is 5. The van der Waals surface area contributed by atoms with Gasteiger partial charge in [-0.3, -0.25) is 14.6 Å². The summed E-state index contributed by atoms with van der Waals surface area (Å²) in [4.78, 5) is 26.2. The summed E-state index contributed by atoms with van der Waals surface area (Å²) in [5.74, 6) is -2.41. The van der Waals surface area contributed by atoms with E-state index in [1.807, 2.05) is 4.72 Å². The maximum Gasteiger partial charge on any atom is 0.232 e. The summed E-state index contributed by atoms with van der Waals surface area (Å²) < 4.78 is 55.4. The van der Waals surface area contributed by atoms with Crippen LogP contribution in [0.25, 0.3) is 22.2 Å². The van der Waals surface area contributed by atoms with E-state index in [1.54, 1.807) is 31.6 Å². The molecular formula is C23H20F2N6O3S. The number of rotatable bonds is 8. The number of hydrogen-bond acceptors (Lipinski definition) is 7. The molecule has 2 N–H and O–H groups in total. The van der Waals surface area contributed by atoms with Crippen LogP contribution < -0.4 is 4.72 Å². The highest BCUT2D eigenvalue weighted by atomic mass is 32.2. The maximum absolute atomic E-state index is 15.1. The Kier molecular flexibility index (Phi) is 5.75. The SMILES string of the molecule is CCCS(=O)(=O)Nc1c(F)ccc(C(=O)c2[nH]nc3ncc(-c4cnc(C5CC5)nc4)cc23)c1F. The van der Waals surface area contributed by atoms with E-state index in [0.29, 0.717) is 22.4 Å². The molecule has 1 aromatic carbocycles. The summed E-state index contributed by atoms with van der Waals surface area (Å²) in [6, 6.07) is 3.45. The lowest BCUT2D eigenvalue weighted by Crippen LogP contribution is -2.19. The van der Waals surface area contributed by atoms with Gasteiger partial charge in [-0.1, -0.05) is 6.92 Å². The fraction of sp³-hybridized carbons (Fsp3) is 0.261. The second kappa shape index (κ2) is 8.77. The van der Waals surface area contributed by atoms with Crippen molar-refractivity contribution in [3.05, 3.63) is 65.5 Å². The summed E-state index contributed by atoms with van der Waals surface area (Å²) >= 11 is 0. The molecule has 3 heterocycles. The summed E-state index contributed by atoms with van der Waals surface area (Å²) in [5.41, 5.74) is 0.0390. The summed E-state index contributed by atoms with van der Waals surface area (Å²) in [7, 11) is -3.98. The molecule has 5 rings (SSSR count). The van der Waals surface area contributed by atoms with Gasteiger partial charge >= 0.3 is 0 Å². The minimum atomic E-state index is -3.98. The molecule has 180 valence electrons. The number of hydrogen-bond donors (Lipinski definition) is 2. The van der Waals surface area contributed by atoms with Crippen LogP contribution in [-0.2, 0) is 10.0 Å². The number of anilines is 1. The number of pyridine rings is 1. The van der Waals surface area contributed by atoms with E-state index in [-0.39, 0.29) is 23.5 Å². The molecule has 0 atom stereocenters. The van der Waals surface area contributed by atoms with E-state index < -0.39 is 38.7 Å². The number of fused-ring (bicyclic) bond motifs is 1. The van der Waals surface area contributed by atoms with E-state index in [2.05, 4.69) is 25.1 Å². The Morgan fingerprint density at radius 3 is 2.51 bits per heavy atom. The third kappa shape index (κ3) is 4.48. The van der Waals surface area contributed by atoms with Gasteiger partial charge in [0.15, 0.2) is 11.5 Å². The Morgan fingerprint density at radius 2 is 1.83 bits per heavy atom. The lowest BCUT2D eigenvalue weighted by Gasteiger charge is -2.11. The first-order valence-electron chi connectivity index (χ1n) is 11.0. The largest absolute Gasteiger partial charge is 0.287 e. The number of carbonyl (C=O) groups is 1. The number of H-pyrrole nitrogens is 1. The normalized spacial score (nSPS) is 13.8. The molecule has 0 saturated heterocycles. The van der Waals surface area contributed by atoms with Crippen molar-refractivity contribution in [3.63, 3.8) is 0 Å². The number of sulfonamides is 1. The van der Waals surface area contributed by atoms with Gasteiger partial charge < -0.3 is 0 Å². The molecule has 0 aliphatic heterocycles. The number of benzene rings is 1. The van der Waals surface area contributed by atoms with Crippen LogP contribution in [0.2, 0.25) is 0 Å². The third-order valence-electron chi connectivity index (χ3n) is 5.65. The van der Waals surface area contributed by atoms with Crippen molar-refractivity contribution in [1.82, 2.24) is 25.1 Å². The Balaban J connectivity index is 1.51. The molecule has 0 unspecified atom stereocenters. The Morgan fingerprint density at radius 1 is 1.11 bits per heavy atom. The van der Waals surface area contributed by atoms with Crippen molar-refractivity contribution in [3.8, 4) is 11.1 Å². The van der Waals surface area contributed by atoms with E-state index >= 15 is 4.39 Å². The first-order valence-corrected chi connectivity index (χ1v) is 12.6. The predicted molar refractivity (Wildman–Crippen MR) is 124 cm³/mol. The minimum absolute atomic E-state index is 0.0715. The van der Waals surface area contributed by atoms with Crippen molar-refractivity contribution < 1.29 is 22.0 Å². The molecule has 1 aliphatic carbocycles. The van der Waals surface area contributed by atoms with Crippen LogP contribution in [0.15, 0.2) is 36.8 Å². The molecule has 0 radical (unpaired) electrons. The highest BCUT2D eigenvalue weighted by Gasteiger charge is 2.27. The Hall–Kier alpha value is -3.80. The van der Waals surface area contributed by atoms with E-state index in [0.717, 1.165) is 30.8 Å². The third-order valence-corrected chi connectivity index (χ3v) is 7.11. The van der Waals surface area contributed by atoms with Gasteiger partial charge in [-0.2, -0.15) is 5.10 Å². The minimum Gasteiger partial charge on any atom is -0.287 e. The van der Waals surface area contributed by atoms with Gasteiger partial charge in [-0.25, -0.2) is 32.2 Å². The molecule has 1 saturated carbocycles. The van der Waals surface area contributed by atoms with Gasteiger partial charge in [0.1, 0.15) is 23.0 Å². The highest BCUT2D eigenvalue weighted by molar-refractivity contribution is 7.92. The van der Waals surface area contributed by atoms with Crippen LogP contribution in [0.3, 0.4) is 0 Å². The smallest absolute Gasteiger partial charge is 0.232 e. The lowest BCUT2D eigenvalue weighted by atomic mass is 10.0. The quantitative estimate of drug-likeness (QED) is 0.352. The molecule has 0 bridgehead atoms. The first-order chi connectivity index (χ1) is 16.8. The van der Waals surface area contributed by atoms with Crippen LogP contribution >= 0.6 is 0 Å². The van der Waals surface area contributed by atoms with E-state index in [9.17, 15) is 17.6 Å². The van der Waals surface area contributed by atoms with Gasteiger partial charge in [0.2, 0.25) is 15.8 Å². The predicted octanol–water partition coefficient (Wildman–Crippen LogP) is 3.95. The zero-order chi connectivity index (χ0) is 24.7. The average molecular weight is 499 g/mol. The number of carbonyl (C=O) groups excluding carboxylic acids is 1. The Labute approximate surface area is 199 Å². The average Bonchev–Trinajstić information content (AvgIpc) is 3.60. The molecule has 35 heavy (non-hydrogen) atoms. The second-order valence-electron chi connectivity index (χ2n) is 8.33. The molecule has 9 nitrogen and oxygen atoms in total. The van der Waals surface area contributed by atoms with Crippen molar-refractivity contribution in [1.29, 1.82) is 0 Å². The van der Waals surface area contributed by atoms with Crippen molar-refractivity contribution in [2.75, 3.05) is 10.5 Å². The van der Waals surface area contributed by atoms with Gasteiger partial charge in [0, 0.05) is 35.6 Å². The fourth-order valence-corrected chi connectivity index (χ4v) is 4.84. The molecule has 4 aromatic rings. The molecule has 12 heteroatoms. The van der Waals surface area contributed by atoms with Crippen LogP contribution in [-0.4, -0.2) is 45.1 Å². The highest BCUT2D eigenvalue weighted by Crippen LogP contribution is 2.38. The van der Waals surface area contributed by atoms with Gasteiger partial charge in [-0.15, -0.1) is 0 Å². The molecule has 3 aromatic heterocycles. The van der Waals surface area contributed by atoms with E-state index in [1.165, 1.54) is 0 Å². The van der Waals surface area contributed by atoms with Gasteiger partial charge in [-0.05, 0) is 37.5 Å². The van der Waals surface area contributed by atoms with Gasteiger partial charge in [0.25, 0.3) is 0 Å². The standard InChI is InChI=1S/C23H20F2N6O3S/c1-2-7-35(33,34)31-20-17(24)6-5-15(18(20)25)21(32)19-16-8-13(9-28-23(16)30-29-19)14-10-26-22(27-11-14)12-3-4-12/h5-6,8-12,31H,2-4,7H2,1H3,(H,28,29,30). The summed E-state index contributed by atoms with van der Waals surface area (Å²) in [6.45, 7) is 1.62. The summed E-state index contributed by atoms with van der Waals surface area (Å²) in [6.07, 6.45) is 7.33. The second-order valence-corrected chi connectivity index (χ2v) is 10.2. The number of nitrogens with one attached hydrogen (secondary N) is 2. The first kappa shape index (κ1) is 23.0. The van der Waals surface area contributed by atoms with Crippen molar-refractivity contribution >= 4 is 32.5 Å². The number of ketones is 1. The Bertz CT molecular complexity index is 1550. The van der Waals surface area contributed by atoms with E-state index in [4.69, 9.17) is 0 Å². The lowest BCUT2D eigenvalue weighted by molar-refractivity contribution is 0.103. The van der Waals surface area contributed by atoms with Crippen molar-refractivity contribution in [2.24, 2.45) is 0 Å². The number of nitrogens with zero attached hydrogens (tertiary/aromatic N) is 4. The maximum atomic E-state index is 15.1. The molecule has 0 amide bonds. The van der Waals surface area contributed by atoms with Crippen LogP contribution in [0, 0.1) is 11.6 Å². The topological polar surface area (TPSA) is 131 Å². The molecular weight excluding hydrogens is 478 g/mol. The molecule has 0 spiro atoms. The zero-order valence-electron chi connectivity index (χ0n) is 18.5. The molecule has 1 fully saturated rings. The fourth-order valence-electron chi connectivity index (χ4n) is 3.70. The summed E-state index contributed by atoms with van der Waals surface area (Å²) in [5, 5.41) is 6.88. The van der Waals surface area contributed by atoms with Crippen LogP contribution in [0.1, 0.15) is 54.0 Å².